The number of rotatable bonds is 5. The van der Waals surface area contributed by atoms with E-state index in [4.69, 9.17) is 11.6 Å². The quantitative estimate of drug-likeness (QED) is 0.867. The van der Waals surface area contributed by atoms with Gasteiger partial charge in [0.1, 0.15) is 5.82 Å². The van der Waals surface area contributed by atoms with Crippen LogP contribution < -0.4 is 5.32 Å². The van der Waals surface area contributed by atoms with Gasteiger partial charge in [0.15, 0.2) is 0 Å². The fraction of sp³-hybridized carbons (Fsp3) is 0.188. The molecule has 0 bridgehead atoms. The summed E-state index contributed by atoms with van der Waals surface area (Å²) in [5.74, 6) is 0.282. The van der Waals surface area contributed by atoms with E-state index in [2.05, 4.69) is 5.32 Å². The molecule has 0 saturated carbocycles. The molecule has 2 aromatic rings. The zero-order valence-electron chi connectivity index (χ0n) is 11.5. The molecule has 0 radical (unpaired) electrons. The molecule has 0 aliphatic carbocycles. The van der Waals surface area contributed by atoms with Gasteiger partial charge in [-0.3, -0.25) is 4.79 Å². The van der Waals surface area contributed by atoms with Crippen LogP contribution >= 0.6 is 23.4 Å². The average Bonchev–Trinajstić information content (AvgIpc) is 2.45. The van der Waals surface area contributed by atoms with Gasteiger partial charge >= 0.3 is 0 Å². The van der Waals surface area contributed by atoms with E-state index >= 15 is 0 Å². The average molecular weight is 324 g/mol. The minimum Gasteiger partial charge on any atom is -0.323 e. The highest BCUT2D eigenvalue weighted by Gasteiger charge is 2.08. The van der Waals surface area contributed by atoms with Gasteiger partial charge in [0.25, 0.3) is 0 Å². The number of hydrogen-bond donors (Lipinski definition) is 1. The lowest BCUT2D eigenvalue weighted by Crippen LogP contribution is -2.15. The summed E-state index contributed by atoms with van der Waals surface area (Å²) in [6, 6.07) is 12.1. The molecule has 5 heteroatoms. The maximum absolute atomic E-state index is 13.5. The third-order valence-corrected chi connectivity index (χ3v) is 4.17. The first-order valence-corrected chi connectivity index (χ1v) is 7.96. The van der Waals surface area contributed by atoms with E-state index < -0.39 is 5.82 Å². The number of carbonyl (C=O) groups is 1. The predicted molar refractivity (Wildman–Crippen MR) is 87.4 cm³/mol. The van der Waals surface area contributed by atoms with Gasteiger partial charge in [0, 0.05) is 10.8 Å². The van der Waals surface area contributed by atoms with Gasteiger partial charge in [0.05, 0.1) is 11.4 Å². The Hall–Kier alpha value is -1.52. The molecule has 0 spiro atoms. The molecule has 0 unspecified atom stereocenters. The molecule has 0 aliphatic heterocycles. The van der Waals surface area contributed by atoms with Crippen LogP contribution in [0, 0.1) is 12.7 Å². The van der Waals surface area contributed by atoms with Crippen molar-refractivity contribution in [3.05, 3.63) is 64.4 Å². The summed E-state index contributed by atoms with van der Waals surface area (Å²) in [6.45, 7) is 2.04. The van der Waals surface area contributed by atoms with Crippen LogP contribution in [0.15, 0.2) is 42.5 Å². The maximum atomic E-state index is 13.5. The lowest BCUT2D eigenvalue weighted by molar-refractivity contribution is -0.113. The Balaban J connectivity index is 1.85. The lowest BCUT2D eigenvalue weighted by Gasteiger charge is -2.08. The van der Waals surface area contributed by atoms with Gasteiger partial charge in [-0.15, -0.1) is 11.8 Å². The molecule has 0 atom stereocenters. The van der Waals surface area contributed by atoms with E-state index in [1.165, 1.54) is 41.1 Å². The number of nitrogens with one attached hydrogen (secondary N) is 1. The Morgan fingerprint density at radius 3 is 2.81 bits per heavy atom. The molecular formula is C16H15ClFNOS. The standard InChI is InChI=1S/C16H15ClFNOS/c1-11-4-2-3-5-12(11)9-21-10-16(20)19-15-8-13(17)6-7-14(15)18/h2-8H,9-10H2,1H3,(H,19,20). The molecule has 1 N–H and O–H groups in total. The van der Waals surface area contributed by atoms with Crippen LogP contribution in [-0.4, -0.2) is 11.7 Å². The van der Waals surface area contributed by atoms with Gasteiger partial charge in [-0.25, -0.2) is 4.39 Å². The van der Waals surface area contributed by atoms with Crippen LogP contribution in [0.25, 0.3) is 0 Å². The topological polar surface area (TPSA) is 29.1 Å². The highest BCUT2D eigenvalue weighted by molar-refractivity contribution is 7.99. The van der Waals surface area contributed by atoms with Crippen LogP contribution in [0.2, 0.25) is 5.02 Å². The van der Waals surface area contributed by atoms with E-state index in [0.29, 0.717) is 5.02 Å². The summed E-state index contributed by atoms with van der Waals surface area (Å²) < 4.78 is 13.5. The SMILES string of the molecule is Cc1ccccc1CSCC(=O)Nc1cc(Cl)ccc1F. The molecule has 2 aromatic carbocycles. The Morgan fingerprint density at radius 2 is 2.05 bits per heavy atom. The van der Waals surface area contributed by atoms with E-state index in [0.717, 1.165) is 5.75 Å². The van der Waals surface area contributed by atoms with E-state index in [1.54, 1.807) is 0 Å². The van der Waals surface area contributed by atoms with Crippen molar-refractivity contribution in [2.75, 3.05) is 11.1 Å². The maximum Gasteiger partial charge on any atom is 0.234 e. The number of aryl methyl sites for hydroxylation is 1. The van der Waals surface area contributed by atoms with Crippen molar-refractivity contribution in [1.82, 2.24) is 0 Å². The summed E-state index contributed by atoms with van der Waals surface area (Å²) in [6.07, 6.45) is 0. The number of anilines is 1. The Labute approximate surface area is 132 Å². The minimum absolute atomic E-state index is 0.115. The van der Waals surface area contributed by atoms with E-state index in [-0.39, 0.29) is 17.3 Å². The number of halogens is 2. The molecular weight excluding hydrogens is 309 g/mol. The first kappa shape index (κ1) is 15.9. The number of thioether (sulfide) groups is 1. The fourth-order valence-electron chi connectivity index (χ4n) is 1.81. The Kier molecular flexibility index (Phi) is 5.65. The Bertz CT molecular complexity index is 648. The van der Waals surface area contributed by atoms with Crippen LogP contribution in [0.3, 0.4) is 0 Å². The van der Waals surface area contributed by atoms with Crippen LogP contribution in [0.4, 0.5) is 10.1 Å². The minimum atomic E-state index is -0.489. The van der Waals surface area contributed by atoms with Gasteiger partial charge in [-0.05, 0) is 36.2 Å². The normalized spacial score (nSPS) is 10.4. The monoisotopic (exact) mass is 323 g/mol. The lowest BCUT2D eigenvalue weighted by atomic mass is 10.1. The summed E-state index contributed by atoms with van der Waals surface area (Å²) >= 11 is 7.27. The van der Waals surface area contributed by atoms with Crippen molar-refractivity contribution in [3.63, 3.8) is 0 Å². The zero-order valence-corrected chi connectivity index (χ0v) is 13.1. The fourth-order valence-corrected chi connectivity index (χ4v) is 2.88. The second kappa shape index (κ2) is 7.48. The predicted octanol–water partition coefficient (Wildman–Crippen LogP) is 4.66. The first-order valence-electron chi connectivity index (χ1n) is 6.43. The molecule has 0 aliphatic rings. The number of hydrogen-bond acceptors (Lipinski definition) is 2. The summed E-state index contributed by atoms with van der Waals surface area (Å²) in [4.78, 5) is 11.8. The number of amides is 1. The van der Waals surface area contributed by atoms with Crippen molar-refractivity contribution in [3.8, 4) is 0 Å². The molecule has 0 fully saturated rings. The largest absolute Gasteiger partial charge is 0.323 e. The van der Waals surface area contributed by atoms with Gasteiger partial charge in [0.2, 0.25) is 5.91 Å². The van der Waals surface area contributed by atoms with Gasteiger partial charge < -0.3 is 5.32 Å². The molecule has 0 heterocycles. The molecule has 1 amide bonds. The molecule has 0 aromatic heterocycles. The third kappa shape index (κ3) is 4.76. The van der Waals surface area contributed by atoms with Crippen molar-refractivity contribution in [2.45, 2.75) is 12.7 Å². The molecule has 2 rings (SSSR count). The van der Waals surface area contributed by atoms with Crippen molar-refractivity contribution in [1.29, 1.82) is 0 Å². The van der Waals surface area contributed by atoms with Crippen molar-refractivity contribution >= 4 is 35.0 Å². The third-order valence-electron chi connectivity index (χ3n) is 2.95. The summed E-state index contributed by atoms with van der Waals surface area (Å²) in [5.41, 5.74) is 2.51. The van der Waals surface area contributed by atoms with Gasteiger partial charge in [-0.1, -0.05) is 35.9 Å². The molecule has 21 heavy (non-hydrogen) atoms. The van der Waals surface area contributed by atoms with Crippen molar-refractivity contribution in [2.24, 2.45) is 0 Å². The summed E-state index contributed by atoms with van der Waals surface area (Å²) in [5, 5.41) is 2.92. The summed E-state index contributed by atoms with van der Waals surface area (Å²) in [7, 11) is 0. The second-order valence-corrected chi connectivity index (χ2v) is 6.01. The second-order valence-electron chi connectivity index (χ2n) is 4.59. The highest BCUT2D eigenvalue weighted by Crippen LogP contribution is 2.20. The van der Waals surface area contributed by atoms with Crippen molar-refractivity contribution < 1.29 is 9.18 Å². The van der Waals surface area contributed by atoms with Crippen LogP contribution in [0.1, 0.15) is 11.1 Å². The number of carbonyl (C=O) groups excluding carboxylic acids is 1. The first-order chi connectivity index (χ1) is 10.1. The zero-order chi connectivity index (χ0) is 15.2. The molecule has 110 valence electrons. The van der Waals surface area contributed by atoms with E-state index in [1.807, 2.05) is 31.2 Å². The van der Waals surface area contributed by atoms with Crippen LogP contribution in [0.5, 0.6) is 0 Å². The smallest absolute Gasteiger partial charge is 0.234 e. The molecule has 2 nitrogen and oxygen atoms in total. The highest BCUT2D eigenvalue weighted by atomic mass is 35.5. The van der Waals surface area contributed by atoms with Crippen LogP contribution in [-0.2, 0) is 10.5 Å². The molecule has 0 saturated heterocycles. The van der Waals surface area contributed by atoms with E-state index in [9.17, 15) is 9.18 Å². The number of benzene rings is 2. The Morgan fingerprint density at radius 1 is 1.29 bits per heavy atom. The van der Waals surface area contributed by atoms with Gasteiger partial charge in [-0.2, -0.15) is 0 Å².